The van der Waals surface area contributed by atoms with Gasteiger partial charge in [-0.15, -0.1) is 11.3 Å². The van der Waals surface area contributed by atoms with E-state index in [2.05, 4.69) is 10.6 Å². The van der Waals surface area contributed by atoms with Crippen LogP contribution in [0.25, 0.3) is 0 Å². The van der Waals surface area contributed by atoms with Crippen molar-refractivity contribution in [3.8, 4) is 5.75 Å². The molecule has 0 aliphatic rings. The van der Waals surface area contributed by atoms with Crippen LogP contribution < -0.4 is 15.4 Å². The number of benzene rings is 2. The van der Waals surface area contributed by atoms with Crippen molar-refractivity contribution in [1.82, 2.24) is 0 Å². The molecule has 1 aromatic heterocycles. The summed E-state index contributed by atoms with van der Waals surface area (Å²) in [5, 5.41) is 18.0. The third-order valence-corrected chi connectivity index (χ3v) is 4.84. The van der Waals surface area contributed by atoms with Crippen molar-refractivity contribution in [3.05, 3.63) is 80.0 Å². The zero-order valence-electron chi connectivity index (χ0n) is 14.8. The van der Waals surface area contributed by atoms with Crippen LogP contribution in [-0.2, 0) is 4.79 Å². The molecule has 148 valence electrons. The monoisotopic (exact) mass is 431 g/mol. The van der Waals surface area contributed by atoms with Crippen LogP contribution >= 0.6 is 22.9 Å². The van der Waals surface area contributed by atoms with Gasteiger partial charge in [0.25, 0.3) is 17.5 Å². The third-order valence-electron chi connectivity index (χ3n) is 3.66. The molecule has 2 aromatic carbocycles. The Bertz CT molecular complexity index is 1040. The maximum absolute atomic E-state index is 12.1. The number of nitrogens with one attached hydrogen (secondary N) is 2. The average Bonchev–Trinajstić information content (AvgIpc) is 3.24. The van der Waals surface area contributed by atoms with Gasteiger partial charge in [-0.25, -0.2) is 0 Å². The first kappa shape index (κ1) is 20.3. The van der Waals surface area contributed by atoms with E-state index < -0.39 is 10.8 Å². The maximum atomic E-state index is 12.1. The van der Waals surface area contributed by atoms with E-state index in [0.717, 1.165) is 0 Å². The number of hydrogen-bond acceptors (Lipinski definition) is 6. The molecule has 0 fully saturated rings. The van der Waals surface area contributed by atoms with Gasteiger partial charge in [-0.05, 0) is 41.8 Å². The number of halogens is 1. The first-order valence-corrected chi connectivity index (χ1v) is 9.49. The predicted octanol–water partition coefficient (Wildman–Crippen LogP) is 4.58. The van der Waals surface area contributed by atoms with Crippen LogP contribution in [0, 0.1) is 10.1 Å². The first-order valence-electron chi connectivity index (χ1n) is 8.24. The first-order chi connectivity index (χ1) is 13.9. The fourth-order valence-electron chi connectivity index (χ4n) is 2.30. The van der Waals surface area contributed by atoms with Gasteiger partial charge in [-0.3, -0.25) is 19.7 Å². The summed E-state index contributed by atoms with van der Waals surface area (Å²) in [6.45, 7) is -0.285. The standard InChI is InChI=1S/C19H14ClN3O5S/c20-15-10-12(3-8-16(15)22-19(25)17-2-1-9-29-17)21-18(24)11-28-14-6-4-13(5-7-14)23(26)27/h1-10H,11H2,(H,21,24)(H,22,25). The Morgan fingerprint density at radius 1 is 1.10 bits per heavy atom. The summed E-state index contributed by atoms with van der Waals surface area (Å²) in [6.07, 6.45) is 0. The van der Waals surface area contributed by atoms with Crippen molar-refractivity contribution in [2.75, 3.05) is 17.2 Å². The number of nitrogens with zero attached hydrogens (tertiary/aromatic N) is 1. The molecule has 3 aromatic rings. The number of amides is 2. The molecule has 10 heteroatoms. The molecule has 0 spiro atoms. The van der Waals surface area contributed by atoms with Gasteiger partial charge >= 0.3 is 0 Å². The average molecular weight is 432 g/mol. The van der Waals surface area contributed by atoms with E-state index in [9.17, 15) is 19.7 Å². The normalized spacial score (nSPS) is 10.2. The summed E-state index contributed by atoms with van der Waals surface area (Å²) >= 11 is 7.50. The van der Waals surface area contributed by atoms with Crippen molar-refractivity contribution < 1.29 is 19.2 Å². The topological polar surface area (TPSA) is 111 Å². The summed E-state index contributed by atoms with van der Waals surface area (Å²) in [5.74, 6) is -0.375. The van der Waals surface area contributed by atoms with E-state index in [1.807, 2.05) is 0 Å². The number of carbonyl (C=O) groups excluding carboxylic acids is 2. The lowest BCUT2D eigenvalue weighted by molar-refractivity contribution is -0.384. The summed E-state index contributed by atoms with van der Waals surface area (Å²) in [6, 6.07) is 13.6. The highest BCUT2D eigenvalue weighted by molar-refractivity contribution is 7.12. The second-order valence-electron chi connectivity index (χ2n) is 5.71. The number of thiophene rings is 1. The van der Waals surface area contributed by atoms with Crippen LogP contribution in [0.1, 0.15) is 9.67 Å². The van der Waals surface area contributed by atoms with E-state index in [0.29, 0.717) is 22.0 Å². The highest BCUT2D eigenvalue weighted by Gasteiger charge is 2.11. The second kappa shape index (κ2) is 9.18. The van der Waals surface area contributed by atoms with Crippen LogP contribution in [-0.4, -0.2) is 23.3 Å². The quantitative estimate of drug-likeness (QED) is 0.420. The van der Waals surface area contributed by atoms with Crippen LogP contribution in [0.3, 0.4) is 0 Å². The zero-order valence-corrected chi connectivity index (χ0v) is 16.3. The molecule has 0 aliphatic heterocycles. The molecule has 2 N–H and O–H groups in total. The SMILES string of the molecule is O=C(COc1ccc([N+](=O)[O-])cc1)Nc1ccc(NC(=O)c2cccs2)c(Cl)c1. The highest BCUT2D eigenvalue weighted by Crippen LogP contribution is 2.26. The molecule has 8 nitrogen and oxygen atoms in total. The molecule has 3 rings (SSSR count). The summed E-state index contributed by atoms with van der Waals surface area (Å²) < 4.78 is 5.30. The Morgan fingerprint density at radius 3 is 2.48 bits per heavy atom. The van der Waals surface area contributed by atoms with Gasteiger partial charge in [0.2, 0.25) is 0 Å². The smallest absolute Gasteiger partial charge is 0.269 e. The Morgan fingerprint density at radius 2 is 1.86 bits per heavy atom. The van der Waals surface area contributed by atoms with Crippen molar-refractivity contribution >= 4 is 51.8 Å². The van der Waals surface area contributed by atoms with Gasteiger partial charge in [0, 0.05) is 17.8 Å². The molecule has 0 saturated heterocycles. The minimum absolute atomic E-state index is 0.0669. The molecular formula is C19H14ClN3O5S. The molecule has 1 heterocycles. The largest absolute Gasteiger partial charge is 0.484 e. The van der Waals surface area contributed by atoms with Crippen molar-refractivity contribution in [1.29, 1.82) is 0 Å². The van der Waals surface area contributed by atoms with E-state index in [4.69, 9.17) is 16.3 Å². The lowest BCUT2D eigenvalue weighted by atomic mass is 10.2. The van der Waals surface area contributed by atoms with E-state index in [1.54, 1.807) is 29.6 Å². The molecule has 0 atom stereocenters. The van der Waals surface area contributed by atoms with Gasteiger partial charge in [0.05, 0.1) is 20.5 Å². The fraction of sp³-hybridized carbons (Fsp3) is 0.0526. The predicted molar refractivity (Wildman–Crippen MR) is 111 cm³/mol. The Kier molecular flexibility index (Phi) is 6.43. The van der Waals surface area contributed by atoms with Crippen LogP contribution in [0.15, 0.2) is 60.0 Å². The van der Waals surface area contributed by atoms with Crippen molar-refractivity contribution in [2.24, 2.45) is 0 Å². The van der Waals surface area contributed by atoms with E-state index in [-0.39, 0.29) is 23.2 Å². The summed E-state index contributed by atoms with van der Waals surface area (Å²) in [7, 11) is 0. The Hall–Kier alpha value is -3.43. The molecular weight excluding hydrogens is 418 g/mol. The molecule has 0 saturated carbocycles. The number of nitro groups is 1. The van der Waals surface area contributed by atoms with Gasteiger partial charge in [-0.1, -0.05) is 17.7 Å². The van der Waals surface area contributed by atoms with Gasteiger partial charge in [-0.2, -0.15) is 0 Å². The highest BCUT2D eigenvalue weighted by atomic mass is 35.5. The number of non-ortho nitro benzene ring substituents is 1. The van der Waals surface area contributed by atoms with Crippen molar-refractivity contribution in [2.45, 2.75) is 0 Å². The Labute approximate surface area is 174 Å². The zero-order chi connectivity index (χ0) is 20.8. The minimum Gasteiger partial charge on any atom is -0.484 e. The van der Waals surface area contributed by atoms with Crippen LogP contribution in [0.5, 0.6) is 5.75 Å². The van der Waals surface area contributed by atoms with Crippen LogP contribution in [0.4, 0.5) is 17.1 Å². The van der Waals surface area contributed by atoms with E-state index >= 15 is 0 Å². The maximum Gasteiger partial charge on any atom is 0.269 e. The van der Waals surface area contributed by atoms with Gasteiger partial charge in [0.15, 0.2) is 6.61 Å². The lowest BCUT2D eigenvalue weighted by Crippen LogP contribution is -2.20. The number of anilines is 2. The number of hydrogen-bond donors (Lipinski definition) is 2. The summed E-state index contributed by atoms with van der Waals surface area (Å²) in [5.41, 5.74) is 0.786. The van der Waals surface area contributed by atoms with Gasteiger partial charge < -0.3 is 15.4 Å². The number of nitro benzene ring substituents is 1. The lowest BCUT2D eigenvalue weighted by Gasteiger charge is -2.10. The molecule has 0 radical (unpaired) electrons. The number of rotatable bonds is 7. The van der Waals surface area contributed by atoms with Gasteiger partial charge in [0.1, 0.15) is 5.75 Å². The summed E-state index contributed by atoms with van der Waals surface area (Å²) in [4.78, 5) is 34.8. The van der Waals surface area contributed by atoms with Crippen LogP contribution in [0.2, 0.25) is 5.02 Å². The van der Waals surface area contributed by atoms with Crippen molar-refractivity contribution in [3.63, 3.8) is 0 Å². The molecule has 29 heavy (non-hydrogen) atoms. The molecule has 0 aliphatic carbocycles. The fourth-order valence-corrected chi connectivity index (χ4v) is 3.14. The number of ether oxygens (including phenoxy) is 1. The third kappa shape index (κ3) is 5.53. The molecule has 2 amide bonds. The minimum atomic E-state index is -0.521. The van der Waals surface area contributed by atoms with E-state index in [1.165, 1.54) is 41.7 Å². The number of carbonyl (C=O) groups is 2. The Balaban J connectivity index is 1.54. The molecule has 0 bridgehead atoms. The molecule has 0 unspecified atom stereocenters. The second-order valence-corrected chi connectivity index (χ2v) is 7.07.